The van der Waals surface area contributed by atoms with Crippen molar-refractivity contribution in [2.24, 2.45) is 17.8 Å². The zero-order chi connectivity index (χ0) is 12.3. The zero-order valence-electron chi connectivity index (χ0n) is 11.0. The lowest BCUT2D eigenvalue weighted by atomic mass is 9.73. The van der Waals surface area contributed by atoms with Gasteiger partial charge < -0.3 is 5.32 Å². The van der Waals surface area contributed by atoms with Gasteiger partial charge in [0.2, 0.25) is 0 Å². The maximum absolute atomic E-state index is 4.01. The highest BCUT2D eigenvalue weighted by Crippen LogP contribution is 2.40. The zero-order valence-corrected chi connectivity index (χ0v) is 11.8. The van der Waals surface area contributed by atoms with Crippen LogP contribution in [0.25, 0.3) is 0 Å². The number of rotatable bonds is 4. The van der Waals surface area contributed by atoms with Crippen LogP contribution in [0.5, 0.6) is 0 Å². The third-order valence-corrected chi connectivity index (χ3v) is 4.54. The summed E-state index contributed by atoms with van der Waals surface area (Å²) in [4.78, 5) is 1.30. The minimum Gasteiger partial charge on any atom is -0.309 e. The monoisotopic (exact) mass is 253 g/mol. The number of hydrogen-bond acceptors (Lipinski definition) is 4. The molecule has 1 aliphatic rings. The van der Waals surface area contributed by atoms with Gasteiger partial charge in [-0.05, 0) is 55.1 Å². The van der Waals surface area contributed by atoms with Crippen LogP contribution < -0.4 is 5.32 Å². The Kier molecular flexibility index (Phi) is 4.51. The highest BCUT2D eigenvalue weighted by atomic mass is 32.1. The van der Waals surface area contributed by atoms with Gasteiger partial charge in [0, 0.05) is 6.04 Å². The Morgan fingerprint density at radius 1 is 1.35 bits per heavy atom. The molecule has 4 heteroatoms. The van der Waals surface area contributed by atoms with E-state index in [9.17, 15) is 0 Å². The summed E-state index contributed by atoms with van der Waals surface area (Å²) in [6.07, 6.45) is 5.98. The van der Waals surface area contributed by atoms with E-state index in [4.69, 9.17) is 0 Å². The van der Waals surface area contributed by atoms with Gasteiger partial charge in [-0.15, -0.1) is 5.10 Å². The van der Waals surface area contributed by atoms with Gasteiger partial charge >= 0.3 is 0 Å². The van der Waals surface area contributed by atoms with E-state index in [0.717, 1.165) is 24.3 Å². The van der Waals surface area contributed by atoms with Crippen LogP contribution in [0.15, 0.2) is 6.20 Å². The quantitative estimate of drug-likeness (QED) is 0.895. The minimum absolute atomic E-state index is 0.463. The molecule has 0 bridgehead atoms. The summed E-state index contributed by atoms with van der Waals surface area (Å²) in [6, 6.07) is 0.463. The van der Waals surface area contributed by atoms with Crippen LogP contribution in [-0.4, -0.2) is 16.1 Å². The molecule has 1 aromatic heterocycles. The van der Waals surface area contributed by atoms with Crippen LogP contribution in [0.2, 0.25) is 0 Å². The van der Waals surface area contributed by atoms with Crippen molar-refractivity contribution in [1.82, 2.24) is 14.9 Å². The molecule has 1 aromatic rings. The molecule has 1 N–H and O–H groups in total. The Balaban J connectivity index is 2.10. The average molecular weight is 253 g/mol. The van der Waals surface area contributed by atoms with Crippen molar-refractivity contribution in [2.75, 3.05) is 6.54 Å². The minimum atomic E-state index is 0.463. The summed E-state index contributed by atoms with van der Waals surface area (Å²) in [6.45, 7) is 7.96. The second-order valence-electron chi connectivity index (χ2n) is 5.53. The second kappa shape index (κ2) is 5.91. The normalized spacial score (nSPS) is 31.4. The molecule has 1 heterocycles. The van der Waals surface area contributed by atoms with Crippen molar-refractivity contribution in [3.63, 3.8) is 0 Å². The fraction of sp³-hybridized carbons (Fsp3) is 0.846. The van der Waals surface area contributed by atoms with E-state index >= 15 is 0 Å². The SMILES string of the molecule is CCNC(c1cnns1)C1CC(C)CC(C)C1. The van der Waals surface area contributed by atoms with Gasteiger partial charge in [-0.3, -0.25) is 0 Å². The van der Waals surface area contributed by atoms with Crippen LogP contribution in [-0.2, 0) is 0 Å². The first-order valence-electron chi connectivity index (χ1n) is 6.71. The first-order valence-corrected chi connectivity index (χ1v) is 7.48. The summed E-state index contributed by atoms with van der Waals surface area (Å²) in [5, 5.41) is 7.61. The molecule has 3 atom stereocenters. The molecule has 0 aliphatic heterocycles. The lowest BCUT2D eigenvalue weighted by molar-refractivity contribution is 0.179. The number of nitrogens with zero attached hydrogens (tertiary/aromatic N) is 2. The molecule has 1 aliphatic carbocycles. The Morgan fingerprint density at radius 2 is 2.06 bits per heavy atom. The maximum Gasteiger partial charge on any atom is 0.0669 e. The van der Waals surface area contributed by atoms with E-state index < -0.39 is 0 Å². The fourth-order valence-electron chi connectivity index (χ4n) is 3.31. The Hall–Kier alpha value is -0.480. The Bertz CT molecular complexity index is 315. The van der Waals surface area contributed by atoms with Crippen LogP contribution >= 0.6 is 11.5 Å². The van der Waals surface area contributed by atoms with Crippen LogP contribution in [0.3, 0.4) is 0 Å². The number of nitrogens with one attached hydrogen (secondary N) is 1. The Morgan fingerprint density at radius 3 is 2.59 bits per heavy atom. The van der Waals surface area contributed by atoms with E-state index in [1.807, 2.05) is 6.20 Å². The van der Waals surface area contributed by atoms with Crippen molar-refractivity contribution in [1.29, 1.82) is 0 Å². The molecular weight excluding hydrogens is 230 g/mol. The number of aromatic nitrogens is 2. The molecule has 3 nitrogen and oxygen atoms in total. The lowest BCUT2D eigenvalue weighted by Crippen LogP contribution is -2.32. The predicted molar refractivity (Wildman–Crippen MR) is 72.0 cm³/mol. The molecule has 3 unspecified atom stereocenters. The molecule has 2 rings (SSSR count). The molecule has 0 radical (unpaired) electrons. The van der Waals surface area contributed by atoms with Gasteiger partial charge in [-0.2, -0.15) is 0 Å². The molecule has 1 fully saturated rings. The molecule has 0 aromatic carbocycles. The third-order valence-electron chi connectivity index (χ3n) is 3.80. The van der Waals surface area contributed by atoms with E-state index in [-0.39, 0.29) is 0 Å². The van der Waals surface area contributed by atoms with Crippen LogP contribution in [0.4, 0.5) is 0 Å². The first-order chi connectivity index (χ1) is 8.20. The summed E-state index contributed by atoms with van der Waals surface area (Å²) in [5.74, 6) is 2.45. The molecule has 0 spiro atoms. The van der Waals surface area contributed by atoms with Crippen molar-refractivity contribution in [3.05, 3.63) is 11.1 Å². The lowest BCUT2D eigenvalue weighted by Gasteiger charge is -2.36. The first kappa shape index (κ1) is 13.0. The van der Waals surface area contributed by atoms with E-state index in [1.54, 1.807) is 11.5 Å². The highest BCUT2D eigenvalue weighted by Gasteiger charge is 2.31. The predicted octanol–water partition coefficient (Wildman–Crippen LogP) is 3.26. The molecular formula is C13H23N3S. The third kappa shape index (κ3) is 3.26. The van der Waals surface area contributed by atoms with E-state index in [0.29, 0.717) is 6.04 Å². The highest BCUT2D eigenvalue weighted by molar-refractivity contribution is 7.05. The standard InChI is InChI=1S/C13H23N3S/c1-4-14-13(12-8-15-16-17-12)11-6-9(2)5-10(3)7-11/h8-11,13-14H,4-7H2,1-3H3. The Labute approximate surface area is 108 Å². The van der Waals surface area contributed by atoms with Crippen LogP contribution in [0, 0.1) is 17.8 Å². The van der Waals surface area contributed by atoms with Crippen molar-refractivity contribution in [2.45, 2.75) is 46.1 Å². The summed E-state index contributed by atoms with van der Waals surface area (Å²) >= 11 is 1.54. The molecule has 96 valence electrons. The second-order valence-corrected chi connectivity index (χ2v) is 6.35. The van der Waals surface area contributed by atoms with Gasteiger partial charge in [0.25, 0.3) is 0 Å². The number of hydrogen-bond donors (Lipinski definition) is 1. The summed E-state index contributed by atoms with van der Waals surface area (Å²) < 4.78 is 4.01. The molecule has 0 saturated heterocycles. The topological polar surface area (TPSA) is 37.8 Å². The van der Waals surface area contributed by atoms with Gasteiger partial charge in [-0.1, -0.05) is 25.3 Å². The van der Waals surface area contributed by atoms with Crippen molar-refractivity contribution >= 4 is 11.5 Å². The molecule has 17 heavy (non-hydrogen) atoms. The van der Waals surface area contributed by atoms with Crippen molar-refractivity contribution < 1.29 is 0 Å². The van der Waals surface area contributed by atoms with Gasteiger partial charge in [0.1, 0.15) is 0 Å². The maximum atomic E-state index is 4.01. The van der Waals surface area contributed by atoms with Crippen LogP contribution in [0.1, 0.15) is 51.0 Å². The van der Waals surface area contributed by atoms with Gasteiger partial charge in [0.15, 0.2) is 0 Å². The largest absolute Gasteiger partial charge is 0.309 e. The van der Waals surface area contributed by atoms with Crippen molar-refractivity contribution in [3.8, 4) is 0 Å². The molecule has 1 saturated carbocycles. The average Bonchev–Trinajstić information content (AvgIpc) is 2.77. The van der Waals surface area contributed by atoms with E-state index in [1.165, 1.54) is 24.1 Å². The van der Waals surface area contributed by atoms with E-state index in [2.05, 4.69) is 35.7 Å². The fourth-order valence-corrected chi connectivity index (χ4v) is 3.98. The molecule has 0 amide bonds. The summed E-state index contributed by atoms with van der Waals surface area (Å²) in [5.41, 5.74) is 0. The van der Waals surface area contributed by atoms with Gasteiger partial charge in [-0.25, -0.2) is 0 Å². The van der Waals surface area contributed by atoms with Gasteiger partial charge in [0.05, 0.1) is 11.1 Å². The summed E-state index contributed by atoms with van der Waals surface area (Å²) in [7, 11) is 0. The smallest absolute Gasteiger partial charge is 0.0669 e.